The van der Waals surface area contributed by atoms with Gasteiger partial charge < -0.3 is 14.8 Å². The van der Waals surface area contributed by atoms with Crippen molar-refractivity contribution in [2.75, 3.05) is 46.5 Å². The van der Waals surface area contributed by atoms with Gasteiger partial charge in [0.1, 0.15) is 16.3 Å². The lowest BCUT2D eigenvalue weighted by atomic mass is 10.1. The van der Waals surface area contributed by atoms with Gasteiger partial charge in [-0.15, -0.1) is 11.3 Å². The van der Waals surface area contributed by atoms with Gasteiger partial charge in [0, 0.05) is 44.2 Å². The molecule has 0 unspecified atom stereocenters. The molecule has 0 bridgehead atoms. The van der Waals surface area contributed by atoms with Crippen LogP contribution in [0.1, 0.15) is 9.67 Å². The van der Waals surface area contributed by atoms with Gasteiger partial charge in [0.2, 0.25) is 0 Å². The minimum Gasteiger partial charge on any atom is -0.497 e. The van der Waals surface area contributed by atoms with E-state index < -0.39 is 0 Å². The standard InChI is InChI=1S/C20H24N4O3S/c1-23-20-16(18(22-23)14-4-3-5-15(12-14)26-2)13-17(28-20)19(25)21-6-7-24-8-10-27-11-9-24/h3-5,12-13H,6-11H2,1-2H3,(H,21,25). The van der Waals surface area contributed by atoms with E-state index in [0.29, 0.717) is 11.4 Å². The lowest BCUT2D eigenvalue weighted by Crippen LogP contribution is -2.41. The zero-order valence-corrected chi connectivity index (χ0v) is 16.9. The van der Waals surface area contributed by atoms with Crippen LogP contribution in [0, 0.1) is 0 Å². The normalized spacial score (nSPS) is 15.1. The number of thiophene rings is 1. The van der Waals surface area contributed by atoms with Crippen molar-refractivity contribution in [3.8, 4) is 17.0 Å². The average Bonchev–Trinajstić information content (AvgIpc) is 3.29. The molecule has 1 amide bonds. The number of nitrogens with zero attached hydrogens (tertiary/aromatic N) is 3. The molecule has 1 aliphatic rings. The first-order valence-electron chi connectivity index (χ1n) is 9.35. The molecule has 1 aliphatic heterocycles. The summed E-state index contributed by atoms with van der Waals surface area (Å²) in [4.78, 5) is 16.6. The summed E-state index contributed by atoms with van der Waals surface area (Å²) >= 11 is 1.47. The summed E-state index contributed by atoms with van der Waals surface area (Å²) in [5.74, 6) is 0.749. The molecule has 8 heteroatoms. The summed E-state index contributed by atoms with van der Waals surface area (Å²) in [6, 6.07) is 9.75. The lowest BCUT2D eigenvalue weighted by Gasteiger charge is -2.26. The summed E-state index contributed by atoms with van der Waals surface area (Å²) in [6.45, 7) is 4.86. The molecule has 1 N–H and O–H groups in total. The highest BCUT2D eigenvalue weighted by molar-refractivity contribution is 7.20. The molecule has 4 rings (SSSR count). The average molecular weight is 401 g/mol. The Balaban J connectivity index is 1.50. The van der Waals surface area contributed by atoms with E-state index in [1.54, 1.807) is 7.11 Å². The first-order valence-corrected chi connectivity index (χ1v) is 10.2. The summed E-state index contributed by atoms with van der Waals surface area (Å²) in [5.41, 5.74) is 1.84. The van der Waals surface area contributed by atoms with Gasteiger partial charge >= 0.3 is 0 Å². The zero-order valence-electron chi connectivity index (χ0n) is 16.1. The van der Waals surface area contributed by atoms with E-state index in [0.717, 1.165) is 60.1 Å². The SMILES string of the molecule is COc1cccc(-c2nn(C)c3sc(C(=O)NCCN4CCOCC4)cc23)c1. The third-order valence-corrected chi connectivity index (χ3v) is 6.10. The Bertz CT molecular complexity index is 975. The van der Waals surface area contributed by atoms with Gasteiger partial charge in [0.15, 0.2) is 0 Å². The van der Waals surface area contributed by atoms with E-state index in [9.17, 15) is 4.79 Å². The van der Waals surface area contributed by atoms with Crippen molar-refractivity contribution >= 4 is 27.5 Å². The predicted molar refractivity (Wildman–Crippen MR) is 110 cm³/mol. The van der Waals surface area contributed by atoms with Crippen molar-refractivity contribution in [2.24, 2.45) is 7.05 Å². The Morgan fingerprint density at radius 3 is 2.93 bits per heavy atom. The maximum atomic E-state index is 12.6. The Labute approximate surface area is 167 Å². The zero-order chi connectivity index (χ0) is 19.5. The van der Waals surface area contributed by atoms with Crippen LogP contribution in [0.15, 0.2) is 30.3 Å². The summed E-state index contributed by atoms with van der Waals surface area (Å²) in [6.07, 6.45) is 0. The van der Waals surface area contributed by atoms with Crippen LogP contribution in [0.3, 0.4) is 0 Å². The van der Waals surface area contributed by atoms with E-state index in [-0.39, 0.29) is 5.91 Å². The summed E-state index contributed by atoms with van der Waals surface area (Å²) in [7, 11) is 3.56. The number of morpholine rings is 1. The molecule has 0 radical (unpaired) electrons. The van der Waals surface area contributed by atoms with Gasteiger partial charge in [-0.25, -0.2) is 0 Å². The highest BCUT2D eigenvalue weighted by Crippen LogP contribution is 2.34. The van der Waals surface area contributed by atoms with Gasteiger partial charge in [-0.05, 0) is 18.2 Å². The molecule has 1 aromatic carbocycles. The van der Waals surface area contributed by atoms with Crippen LogP contribution < -0.4 is 10.1 Å². The molecule has 0 atom stereocenters. The number of carbonyl (C=O) groups excluding carboxylic acids is 1. The summed E-state index contributed by atoms with van der Waals surface area (Å²) < 4.78 is 12.5. The van der Waals surface area contributed by atoms with Crippen molar-refractivity contribution in [2.45, 2.75) is 0 Å². The maximum absolute atomic E-state index is 12.6. The molecule has 1 saturated heterocycles. The number of benzene rings is 1. The largest absolute Gasteiger partial charge is 0.497 e. The summed E-state index contributed by atoms with van der Waals surface area (Å²) in [5, 5.41) is 8.66. The van der Waals surface area contributed by atoms with Crippen molar-refractivity contribution < 1.29 is 14.3 Å². The number of ether oxygens (including phenoxy) is 2. The van der Waals surface area contributed by atoms with Crippen molar-refractivity contribution in [3.05, 3.63) is 35.2 Å². The van der Waals surface area contributed by atoms with Crippen LogP contribution in [-0.4, -0.2) is 67.1 Å². The van der Waals surface area contributed by atoms with Crippen molar-refractivity contribution in [1.82, 2.24) is 20.0 Å². The minimum atomic E-state index is -0.0361. The van der Waals surface area contributed by atoms with Crippen LogP contribution in [0.2, 0.25) is 0 Å². The van der Waals surface area contributed by atoms with E-state index in [4.69, 9.17) is 9.47 Å². The van der Waals surface area contributed by atoms with E-state index in [1.807, 2.05) is 42.1 Å². The molecule has 148 valence electrons. The molecule has 2 aromatic heterocycles. The molecule has 3 heterocycles. The topological polar surface area (TPSA) is 68.6 Å². The number of rotatable bonds is 6. The number of aryl methyl sites for hydroxylation is 1. The number of carbonyl (C=O) groups is 1. The highest BCUT2D eigenvalue weighted by Gasteiger charge is 2.18. The van der Waals surface area contributed by atoms with Crippen LogP contribution in [0.4, 0.5) is 0 Å². The second-order valence-electron chi connectivity index (χ2n) is 6.74. The predicted octanol–water partition coefficient (Wildman–Crippen LogP) is 2.37. The Morgan fingerprint density at radius 2 is 2.14 bits per heavy atom. The smallest absolute Gasteiger partial charge is 0.261 e. The Kier molecular flexibility index (Phi) is 5.61. The first-order chi connectivity index (χ1) is 13.7. The molecular weight excluding hydrogens is 376 g/mol. The van der Waals surface area contributed by atoms with Crippen LogP contribution in [-0.2, 0) is 11.8 Å². The van der Waals surface area contributed by atoms with Gasteiger partial charge in [0.05, 0.1) is 25.2 Å². The van der Waals surface area contributed by atoms with Gasteiger partial charge in [-0.1, -0.05) is 12.1 Å². The monoisotopic (exact) mass is 400 g/mol. The Morgan fingerprint density at radius 1 is 1.32 bits per heavy atom. The second-order valence-corrected chi connectivity index (χ2v) is 7.77. The van der Waals surface area contributed by atoms with E-state index in [1.165, 1.54) is 11.3 Å². The minimum absolute atomic E-state index is 0.0361. The number of hydrogen-bond acceptors (Lipinski definition) is 6. The fourth-order valence-electron chi connectivity index (χ4n) is 3.38. The van der Waals surface area contributed by atoms with E-state index in [2.05, 4.69) is 15.3 Å². The number of nitrogens with one attached hydrogen (secondary N) is 1. The van der Waals surface area contributed by atoms with Crippen LogP contribution >= 0.6 is 11.3 Å². The molecular formula is C20H24N4O3S. The van der Waals surface area contributed by atoms with Gasteiger partial charge in [0.25, 0.3) is 5.91 Å². The molecule has 3 aromatic rings. The molecule has 0 saturated carbocycles. The fraction of sp³-hybridized carbons (Fsp3) is 0.400. The van der Waals surface area contributed by atoms with Gasteiger partial charge in [-0.2, -0.15) is 5.10 Å². The highest BCUT2D eigenvalue weighted by atomic mass is 32.1. The number of hydrogen-bond donors (Lipinski definition) is 1. The van der Waals surface area contributed by atoms with Crippen LogP contribution in [0.25, 0.3) is 21.5 Å². The molecule has 7 nitrogen and oxygen atoms in total. The first kappa shape index (κ1) is 18.9. The molecule has 0 aliphatic carbocycles. The number of aromatic nitrogens is 2. The molecule has 0 spiro atoms. The number of fused-ring (bicyclic) bond motifs is 1. The maximum Gasteiger partial charge on any atom is 0.261 e. The Hall–Kier alpha value is -2.42. The third-order valence-electron chi connectivity index (χ3n) is 4.90. The lowest BCUT2D eigenvalue weighted by molar-refractivity contribution is 0.0383. The quantitative estimate of drug-likeness (QED) is 0.688. The van der Waals surface area contributed by atoms with Crippen LogP contribution in [0.5, 0.6) is 5.75 Å². The van der Waals surface area contributed by atoms with Gasteiger partial charge in [-0.3, -0.25) is 14.4 Å². The van der Waals surface area contributed by atoms with Crippen molar-refractivity contribution in [3.63, 3.8) is 0 Å². The molecule has 1 fully saturated rings. The van der Waals surface area contributed by atoms with E-state index >= 15 is 0 Å². The second kappa shape index (κ2) is 8.30. The number of amides is 1. The third kappa shape index (κ3) is 3.89. The van der Waals surface area contributed by atoms with Crippen molar-refractivity contribution in [1.29, 1.82) is 0 Å². The molecule has 28 heavy (non-hydrogen) atoms. The number of methoxy groups -OCH3 is 1. The fourth-order valence-corrected chi connectivity index (χ4v) is 4.36.